The number of hydrogen-bond acceptors (Lipinski definition) is 5. The highest BCUT2D eigenvalue weighted by Gasteiger charge is 2.36. The standard InChI is InChI=1S/C28H27N5O2S/c1-16-7-6-8-22(12-16)35-15-25-31-33-26(29)23(27(34)30-28(33)36-25)14-21-13-19(4)32(20(21)5)24-10-9-17(2)11-18(24)3/h6-14,29H,15H2,1-5H3/b23-14+,29-26?. The number of amides is 1. The molecule has 8 heteroatoms. The van der Waals surface area contributed by atoms with Crippen LogP contribution in [-0.4, -0.2) is 38.1 Å². The molecule has 2 aliphatic heterocycles. The Morgan fingerprint density at radius 1 is 1.03 bits per heavy atom. The minimum Gasteiger partial charge on any atom is -0.487 e. The minimum atomic E-state index is -0.439. The Balaban J connectivity index is 1.41. The van der Waals surface area contributed by atoms with E-state index in [2.05, 4.69) is 46.7 Å². The number of hydrazone groups is 1. The average Bonchev–Trinajstić information content (AvgIpc) is 3.35. The molecule has 3 heterocycles. The van der Waals surface area contributed by atoms with Crippen LogP contribution in [-0.2, 0) is 4.79 Å². The normalized spacial score (nSPS) is 16.4. The van der Waals surface area contributed by atoms with Crippen molar-refractivity contribution in [2.75, 3.05) is 6.61 Å². The van der Waals surface area contributed by atoms with E-state index in [0.717, 1.165) is 34.0 Å². The van der Waals surface area contributed by atoms with Crippen molar-refractivity contribution in [3.63, 3.8) is 0 Å². The fourth-order valence-electron chi connectivity index (χ4n) is 4.46. The maximum Gasteiger partial charge on any atom is 0.283 e. The van der Waals surface area contributed by atoms with Gasteiger partial charge in [0, 0.05) is 17.1 Å². The second-order valence-electron chi connectivity index (χ2n) is 9.07. The summed E-state index contributed by atoms with van der Waals surface area (Å²) in [5.74, 6) is 0.321. The van der Waals surface area contributed by atoms with Crippen LogP contribution in [0.25, 0.3) is 11.8 Å². The topological polar surface area (TPSA) is 83.0 Å². The summed E-state index contributed by atoms with van der Waals surface area (Å²) in [4.78, 5) is 17.1. The number of amidine groups is 2. The number of thioether (sulfide) groups is 1. The van der Waals surface area contributed by atoms with Crippen LogP contribution in [0.15, 0.2) is 64.2 Å². The lowest BCUT2D eigenvalue weighted by Crippen LogP contribution is -2.35. The number of rotatable bonds is 5. The Hall–Kier alpha value is -3.91. The van der Waals surface area contributed by atoms with Crippen molar-refractivity contribution < 1.29 is 9.53 Å². The summed E-state index contributed by atoms with van der Waals surface area (Å²) in [7, 11) is 0. The van der Waals surface area contributed by atoms with Gasteiger partial charge in [0.2, 0.25) is 5.17 Å². The number of benzene rings is 2. The number of carbonyl (C=O) groups excluding carboxylic acids is 1. The van der Waals surface area contributed by atoms with Crippen molar-refractivity contribution in [3.8, 4) is 11.4 Å². The average molecular weight is 498 g/mol. The molecule has 0 bridgehead atoms. The third-order valence-electron chi connectivity index (χ3n) is 6.21. The molecule has 182 valence electrons. The molecule has 0 spiro atoms. The Kier molecular flexibility index (Phi) is 6.14. The Morgan fingerprint density at radius 3 is 2.56 bits per heavy atom. The SMILES string of the molecule is Cc1cccc(OCC2=NN3C(=N)/C(=C\c4cc(C)n(-c5ccc(C)cc5C)c4C)C(=O)N=C3S2)c1. The van der Waals surface area contributed by atoms with Crippen molar-refractivity contribution >= 4 is 39.8 Å². The number of aromatic nitrogens is 1. The number of nitrogens with one attached hydrogen (secondary N) is 1. The van der Waals surface area contributed by atoms with Crippen molar-refractivity contribution in [2.24, 2.45) is 10.1 Å². The third-order valence-corrected chi connectivity index (χ3v) is 7.09. The Morgan fingerprint density at radius 2 is 1.81 bits per heavy atom. The minimum absolute atomic E-state index is 0.0133. The Labute approximate surface area is 214 Å². The quantitative estimate of drug-likeness (QED) is 0.457. The molecule has 7 nitrogen and oxygen atoms in total. The summed E-state index contributed by atoms with van der Waals surface area (Å²) in [5, 5.41) is 15.6. The molecular weight excluding hydrogens is 470 g/mol. The van der Waals surface area contributed by atoms with E-state index in [-0.39, 0.29) is 18.0 Å². The molecule has 2 aliphatic rings. The monoisotopic (exact) mass is 497 g/mol. The number of aryl methyl sites for hydroxylation is 4. The van der Waals surface area contributed by atoms with Gasteiger partial charge in [0.25, 0.3) is 5.91 Å². The van der Waals surface area contributed by atoms with Crippen LogP contribution in [0.5, 0.6) is 5.75 Å². The third kappa shape index (κ3) is 4.40. The Bertz CT molecular complexity index is 1510. The number of hydrogen-bond donors (Lipinski definition) is 1. The highest BCUT2D eigenvalue weighted by Crippen LogP contribution is 2.30. The lowest BCUT2D eigenvalue weighted by Gasteiger charge is -2.20. The van der Waals surface area contributed by atoms with Gasteiger partial charge in [0.1, 0.15) is 17.4 Å². The zero-order valence-corrected chi connectivity index (χ0v) is 21.7. The summed E-state index contributed by atoms with van der Waals surface area (Å²) in [5.41, 5.74) is 7.73. The summed E-state index contributed by atoms with van der Waals surface area (Å²) >= 11 is 1.25. The van der Waals surface area contributed by atoms with Crippen LogP contribution in [0.4, 0.5) is 0 Å². The summed E-state index contributed by atoms with van der Waals surface area (Å²) < 4.78 is 8.02. The molecule has 5 rings (SSSR count). The van der Waals surface area contributed by atoms with Crippen molar-refractivity contribution in [1.82, 2.24) is 9.58 Å². The molecule has 0 unspecified atom stereocenters. The van der Waals surface area contributed by atoms with Gasteiger partial charge >= 0.3 is 0 Å². The van der Waals surface area contributed by atoms with Crippen LogP contribution in [0.3, 0.4) is 0 Å². The van der Waals surface area contributed by atoms with Crippen LogP contribution in [0.2, 0.25) is 0 Å². The van der Waals surface area contributed by atoms with Crippen molar-refractivity contribution in [2.45, 2.75) is 34.6 Å². The van der Waals surface area contributed by atoms with Crippen molar-refractivity contribution in [1.29, 1.82) is 5.41 Å². The van der Waals surface area contributed by atoms with E-state index in [0.29, 0.717) is 10.2 Å². The van der Waals surface area contributed by atoms with E-state index in [4.69, 9.17) is 10.1 Å². The number of fused-ring (bicyclic) bond motifs is 1. The molecule has 36 heavy (non-hydrogen) atoms. The van der Waals surface area contributed by atoms with Gasteiger partial charge in [-0.25, -0.2) is 0 Å². The maximum absolute atomic E-state index is 12.9. The van der Waals surface area contributed by atoms with Gasteiger partial charge in [-0.05, 0) is 93.4 Å². The molecule has 0 saturated carbocycles. The highest BCUT2D eigenvalue weighted by atomic mass is 32.2. The van der Waals surface area contributed by atoms with Crippen LogP contribution in [0, 0.1) is 40.0 Å². The fourth-order valence-corrected chi connectivity index (χ4v) is 5.25. The largest absolute Gasteiger partial charge is 0.487 e. The zero-order valence-electron chi connectivity index (χ0n) is 20.9. The first-order valence-electron chi connectivity index (χ1n) is 11.7. The van der Waals surface area contributed by atoms with E-state index in [1.165, 1.54) is 27.9 Å². The van der Waals surface area contributed by atoms with E-state index in [9.17, 15) is 4.79 Å². The van der Waals surface area contributed by atoms with Gasteiger partial charge in [-0.3, -0.25) is 10.2 Å². The predicted molar refractivity (Wildman–Crippen MR) is 146 cm³/mol. The molecule has 2 aromatic carbocycles. The maximum atomic E-state index is 12.9. The molecule has 0 atom stereocenters. The second kappa shape index (κ2) is 9.28. The zero-order chi connectivity index (χ0) is 25.6. The first-order valence-corrected chi connectivity index (χ1v) is 12.5. The van der Waals surface area contributed by atoms with E-state index in [1.54, 1.807) is 6.08 Å². The number of aliphatic imine (C=N–C) groups is 1. The van der Waals surface area contributed by atoms with Gasteiger partial charge in [-0.1, -0.05) is 29.8 Å². The van der Waals surface area contributed by atoms with Gasteiger partial charge in [0.15, 0.2) is 5.84 Å². The molecular formula is C28H27N5O2S. The molecule has 0 saturated heterocycles. The molecule has 1 N–H and O–H groups in total. The lowest BCUT2D eigenvalue weighted by molar-refractivity contribution is -0.114. The number of carbonyl (C=O) groups is 1. The van der Waals surface area contributed by atoms with Gasteiger partial charge in [-0.2, -0.15) is 15.1 Å². The van der Waals surface area contributed by atoms with E-state index >= 15 is 0 Å². The van der Waals surface area contributed by atoms with Gasteiger partial charge < -0.3 is 9.30 Å². The molecule has 3 aromatic rings. The summed E-state index contributed by atoms with van der Waals surface area (Å²) in [6.07, 6.45) is 1.74. The lowest BCUT2D eigenvalue weighted by atomic mass is 10.1. The van der Waals surface area contributed by atoms with Gasteiger partial charge in [-0.15, -0.1) is 0 Å². The van der Waals surface area contributed by atoms with Crippen LogP contribution in [0.1, 0.15) is 33.6 Å². The predicted octanol–water partition coefficient (Wildman–Crippen LogP) is 5.72. The second-order valence-corrected chi connectivity index (χ2v) is 10.1. The van der Waals surface area contributed by atoms with E-state index < -0.39 is 5.91 Å². The molecule has 1 aromatic heterocycles. The van der Waals surface area contributed by atoms with Gasteiger partial charge in [0.05, 0.1) is 5.57 Å². The molecule has 1 amide bonds. The summed E-state index contributed by atoms with van der Waals surface area (Å²) in [6, 6.07) is 16.2. The fraction of sp³-hybridized carbons (Fsp3) is 0.214. The number of ether oxygens (including phenoxy) is 1. The molecule has 0 fully saturated rings. The smallest absolute Gasteiger partial charge is 0.283 e. The van der Waals surface area contributed by atoms with Crippen LogP contribution < -0.4 is 4.74 Å². The first kappa shape index (κ1) is 23.8. The van der Waals surface area contributed by atoms with Crippen LogP contribution >= 0.6 is 11.8 Å². The van der Waals surface area contributed by atoms with Crippen molar-refractivity contribution in [3.05, 3.63) is 87.7 Å². The summed E-state index contributed by atoms with van der Waals surface area (Å²) in [6.45, 7) is 10.5. The number of nitrogens with zero attached hydrogens (tertiary/aromatic N) is 4. The van der Waals surface area contributed by atoms with E-state index in [1.807, 2.05) is 51.1 Å². The first-order chi connectivity index (χ1) is 17.2. The molecule has 0 aliphatic carbocycles. The molecule has 0 radical (unpaired) electrons. The highest BCUT2D eigenvalue weighted by molar-refractivity contribution is 8.27.